The number of anilines is 3. The second-order valence-electron chi connectivity index (χ2n) is 7.28. The first-order valence-corrected chi connectivity index (χ1v) is 9.66. The summed E-state index contributed by atoms with van der Waals surface area (Å²) >= 11 is 0. The van der Waals surface area contributed by atoms with Gasteiger partial charge in [-0.25, -0.2) is 9.37 Å². The number of primary amides is 1. The quantitative estimate of drug-likeness (QED) is 0.527. The first-order valence-electron chi connectivity index (χ1n) is 9.66. The van der Waals surface area contributed by atoms with Crippen LogP contribution in [0, 0.1) is 5.82 Å². The predicted molar refractivity (Wildman–Crippen MR) is 112 cm³/mol. The number of fused-ring (bicyclic) bond motifs is 1. The summed E-state index contributed by atoms with van der Waals surface area (Å²) in [5.74, 6) is -1.17. The Hall–Kier alpha value is -3.26. The van der Waals surface area contributed by atoms with E-state index in [4.69, 9.17) is 11.5 Å². The molecule has 8 heteroatoms. The van der Waals surface area contributed by atoms with Gasteiger partial charge < -0.3 is 22.1 Å². The fourth-order valence-electron chi connectivity index (χ4n) is 3.73. The molecule has 0 spiro atoms. The molecule has 3 aromatic rings. The smallest absolute Gasteiger partial charge is 0.252 e. The third-order valence-corrected chi connectivity index (χ3v) is 5.28. The number of hydrogen-bond donors (Lipinski definition) is 4. The average molecular weight is 394 g/mol. The number of pyridine rings is 2. The molecule has 4 rings (SSSR count). The summed E-state index contributed by atoms with van der Waals surface area (Å²) in [6.45, 7) is 0. The van der Waals surface area contributed by atoms with Crippen LogP contribution in [0.25, 0.3) is 10.9 Å². The molecule has 7 nitrogen and oxygen atoms in total. The van der Waals surface area contributed by atoms with Gasteiger partial charge in [-0.1, -0.05) is 18.9 Å². The second-order valence-corrected chi connectivity index (χ2v) is 7.28. The van der Waals surface area contributed by atoms with Crippen molar-refractivity contribution >= 4 is 34.1 Å². The average Bonchev–Trinajstić information content (AvgIpc) is 2.72. The molecule has 1 aliphatic carbocycles. The van der Waals surface area contributed by atoms with Gasteiger partial charge in [0.25, 0.3) is 5.91 Å². The minimum atomic E-state index is -0.766. The second kappa shape index (κ2) is 8.00. The van der Waals surface area contributed by atoms with Crippen LogP contribution in [0.5, 0.6) is 0 Å². The summed E-state index contributed by atoms with van der Waals surface area (Å²) in [4.78, 5) is 20.6. The number of aromatic nitrogens is 2. The van der Waals surface area contributed by atoms with Crippen LogP contribution in [0.15, 0.2) is 42.6 Å². The summed E-state index contributed by atoms with van der Waals surface area (Å²) in [5, 5.41) is 7.08. The molecule has 2 aromatic heterocycles. The minimum Gasteiger partial charge on any atom is -0.365 e. The lowest BCUT2D eigenvalue weighted by molar-refractivity contribution is 0.100. The topological polar surface area (TPSA) is 119 Å². The van der Waals surface area contributed by atoms with Crippen LogP contribution in [0.1, 0.15) is 36.0 Å². The Labute approximate surface area is 167 Å². The van der Waals surface area contributed by atoms with Crippen molar-refractivity contribution in [1.29, 1.82) is 0 Å². The number of nitrogens with zero attached hydrogens (tertiary/aromatic N) is 2. The molecule has 1 saturated carbocycles. The third kappa shape index (κ3) is 3.97. The molecule has 2 heterocycles. The molecule has 1 amide bonds. The van der Waals surface area contributed by atoms with E-state index in [2.05, 4.69) is 20.6 Å². The Morgan fingerprint density at radius 3 is 2.76 bits per heavy atom. The van der Waals surface area contributed by atoms with Gasteiger partial charge >= 0.3 is 0 Å². The largest absolute Gasteiger partial charge is 0.365 e. The molecular formula is C21H23FN6O. The van der Waals surface area contributed by atoms with Crippen molar-refractivity contribution in [3.8, 4) is 0 Å². The van der Waals surface area contributed by atoms with Crippen LogP contribution in [0.3, 0.4) is 0 Å². The van der Waals surface area contributed by atoms with E-state index in [-0.39, 0.29) is 29.3 Å². The number of hydrogen-bond acceptors (Lipinski definition) is 6. The number of rotatable bonds is 5. The van der Waals surface area contributed by atoms with Crippen LogP contribution in [0.4, 0.5) is 21.7 Å². The number of carbonyl (C=O) groups is 1. The molecule has 1 aromatic carbocycles. The molecule has 2 atom stereocenters. The Morgan fingerprint density at radius 2 is 1.97 bits per heavy atom. The predicted octanol–water partition coefficient (Wildman–Crippen LogP) is 3.29. The highest BCUT2D eigenvalue weighted by Gasteiger charge is 2.24. The zero-order valence-electron chi connectivity index (χ0n) is 15.9. The maximum Gasteiger partial charge on any atom is 0.252 e. The van der Waals surface area contributed by atoms with Gasteiger partial charge in [0.1, 0.15) is 5.82 Å². The molecule has 0 bridgehead atoms. The van der Waals surface area contributed by atoms with Gasteiger partial charge in [0, 0.05) is 29.4 Å². The molecule has 1 fully saturated rings. The number of nitrogens with one attached hydrogen (secondary N) is 2. The van der Waals surface area contributed by atoms with Crippen molar-refractivity contribution < 1.29 is 9.18 Å². The lowest BCUT2D eigenvalue weighted by atomic mass is 9.91. The van der Waals surface area contributed by atoms with Crippen molar-refractivity contribution in [2.75, 3.05) is 10.6 Å². The number of halogens is 1. The highest BCUT2D eigenvalue weighted by Crippen LogP contribution is 2.29. The lowest BCUT2D eigenvalue weighted by Crippen LogP contribution is -2.43. The van der Waals surface area contributed by atoms with E-state index in [1.807, 2.05) is 30.3 Å². The number of benzene rings is 1. The van der Waals surface area contributed by atoms with Crippen LogP contribution in [0.2, 0.25) is 0 Å². The Bertz CT molecular complexity index is 1050. The molecule has 1 aliphatic rings. The minimum absolute atomic E-state index is 0.0260. The maximum absolute atomic E-state index is 14.7. The van der Waals surface area contributed by atoms with Gasteiger partial charge in [-0.15, -0.1) is 0 Å². The molecule has 6 N–H and O–H groups in total. The fraction of sp³-hybridized carbons (Fsp3) is 0.286. The number of nitrogens with two attached hydrogens (primary N) is 2. The third-order valence-electron chi connectivity index (χ3n) is 5.28. The van der Waals surface area contributed by atoms with Crippen LogP contribution >= 0.6 is 0 Å². The van der Waals surface area contributed by atoms with Crippen LogP contribution < -0.4 is 22.1 Å². The van der Waals surface area contributed by atoms with Crippen LogP contribution in [-0.2, 0) is 0 Å². The highest BCUT2D eigenvalue weighted by atomic mass is 19.1. The van der Waals surface area contributed by atoms with Crippen molar-refractivity contribution in [3.05, 3.63) is 54.0 Å². The molecule has 0 aliphatic heterocycles. The molecule has 0 radical (unpaired) electrons. The molecule has 0 saturated heterocycles. The van der Waals surface area contributed by atoms with Gasteiger partial charge in [-0.05, 0) is 43.2 Å². The van der Waals surface area contributed by atoms with E-state index >= 15 is 0 Å². The van der Waals surface area contributed by atoms with Crippen molar-refractivity contribution in [1.82, 2.24) is 9.97 Å². The molecule has 2 unspecified atom stereocenters. The summed E-state index contributed by atoms with van der Waals surface area (Å²) in [5.41, 5.74) is 13.1. The first-order chi connectivity index (χ1) is 14.0. The van der Waals surface area contributed by atoms with Crippen molar-refractivity contribution in [2.24, 2.45) is 11.5 Å². The zero-order chi connectivity index (χ0) is 20.4. The standard InChI is InChI=1S/C21H23FN6O/c22-14-11-13(19(24)29)20(28-21(14)27-18-7-2-1-6-15(18)23)26-17-9-3-8-16-12(17)5-4-10-25-16/h3-5,8-11,15,18H,1-2,6-7,23H2,(H2,24,29)(H2,26,27,28). The van der Waals surface area contributed by atoms with Gasteiger partial charge in [-0.3, -0.25) is 9.78 Å². The molecule has 150 valence electrons. The van der Waals surface area contributed by atoms with E-state index in [1.165, 1.54) is 0 Å². The Kier molecular flexibility index (Phi) is 5.26. The van der Waals surface area contributed by atoms with Gasteiger partial charge in [0.05, 0.1) is 11.1 Å². The summed E-state index contributed by atoms with van der Waals surface area (Å²) in [6, 6.07) is 10.2. The summed E-state index contributed by atoms with van der Waals surface area (Å²) in [7, 11) is 0. The first kappa shape index (κ1) is 19.1. The van der Waals surface area contributed by atoms with Crippen molar-refractivity contribution in [3.63, 3.8) is 0 Å². The monoisotopic (exact) mass is 394 g/mol. The van der Waals surface area contributed by atoms with E-state index in [0.29, 0.717) is 5.69 Å². The van der Waals surface area contributed by atoms with Crippen LogP contribution in [-0.4, -0.2) is 28.0 Å². The summed E-state index contributed by atoms with van der Waals surface area (Å²) in [6.07, 6.45) is 5.52. The number of carbonyl (C=O) groups excluding carboxylic acids is 1. The highest BCUT2D eigenvalue weighted by molar-refractivity contribution is 6.00. The van der Waals surface area contributed by atoms with E-state index in [9.17, 15) is 9.18 Å². The normalized spacial score (nSPS) is 19.1. The van der Waals surface area contributed by atoms with E-state index < -0.39 is 11.7 Å². The van der Waals surface area contributed by atoms with Gasteiger partial charge in [0.15, 0.2) is 11.6 Å². The van der Waals surface area contributed by atoms with Crippen molar-refractivity contribution in [2.45, 2.75) is 37.8 Å². The van der Waals surface area contributed by atoms with Gasteiger partial charge in [0.2, 0.25) is 0 Å². The molecular weight excluding hydrogens is 371 g/mol. The Morgan fingerprint density at radius 1 is 1.14 bits per heavy atom. The summed E-state index contributed by atoms with van der Waals surface area (Å²) < 4.78 is 14.7. The van der Waals surface area contributed by atoms with E-state index in [0.717, 1.165) is 42.7 Å². The number of amides is 1. The fourth-order valence-corrected chi connectivity index (χ4v) is 3.73. The van der Waals surface area contributed by atoms with E-state index in [1.54, 1.807) is 6.20 Å². The molecule has 29 heavy (non-hydrogen) atoms. The Balaban J connectivity index is 1.72. The lowest BCUT2D eigenvalue weighted by Gasteiger charge is -2.30. The van der Waals surface area contributed by atoms with Gasteiger partial charge in [-0.2, -0.15) is 0 Å². The SMILES string of the molecule is NC(=O)c1cc(F)c(NC2CCCCC2N)nc1Nc1cccc2ncccc12. The zero-order valence-corrected chi connectivity index (χ0v) is 15.9. The maximum atomic E-state index is 14.7.